The van der Waals surface area contributed by atoms with Gasteiger partial charge in [-0.15, -0.1) is 0 Å². The summed E-state index contributed by atoms with van der Waals surface area (Å²) < 4.78 is 3.91. The van der Waals surface area contributed by atoms with Gasteiger partial charge in [0.15, 0.2) is 5.96 Å². The van der Waals surface area contributed by atoms with Gasteiger partial charge in [0.1, 0.15) is 11.6 Å². The van der Waals surface area contributed by atoms with Gasteiger partial charge in [0.05, 0.1) is 12.2 Å². The minimum Gasteiger partial charge on any atom is -0.352 e. The van der Waals surface area contributed by atoms with E-state index in [1.807, 2.05) is 30.3 Å². The van der Waals surface area contributed by atoms with Gasteiger partial charge in [0, 0.05) is 44.4 Å². The Morgan fingerprint density at radius 1 is 1.29 bits per heavy atom. The van der Waals surface area contributed by atoms with E-state index in [2.05, 4.69) is 37.7 Å². The number of aromatic nitrogens is 5. The standard InChI is InChI=1S/C16H26N8/c1-10-14(11(2)23(5)21-10)8-18-16(17-4)20-13-6-7-15-19-12(3)22-24(15)9-13/h13H,6-9H2,1-5H3,(H2,17,18,20). The molecule has 1 unspecified atom stereocenters. The van der Waals surface area contributed by atoms with Crippen molar-refractivity contribution in [1.29, 1.82) is 0 Å². The summed E-state index contributed by atoms with van der Waals surface area (Å²) in [5, 5.41) is 15.8. The molecule has 1 aliphatic rings. The molecule has 8 heteroatoms. The molecule has 8 nitrogen and oxygen atoms in total. The molecule has 0 radical (unpaired) electrons. The van der Waals surface area contributed by atoms with Crippen molar-refractivity contribution < 1.29 is 0 Å². The minimum atomic E-state index is 0.306. The number of aryl methyl sites for hydroxylation is 4. The molecule has 24 heavy (non-hydrogen) atoms. The third-order valence-electron chi connectivity index (χ3n) is 4.62. The number of fused-ring (bicyclic) bond motifs is 1. The van der Waals surface area contributed by atoms with Gasteiger partial charge >= 0.3 is 0 Å². The zero-order valence-electron chi connectivity index (χ0n) is 15.1. The van der Waals surface area contributed by atoms with Crippen LogP contribution in [0, 0.1) is 20.8 Å². The van der Waals surface area contributed by atoms with Crippen LogP contribution in [0.15, 0.2) is 4.99 Å². The van der Waals surface area contributed by atoms with E-state index in [9.17, 15) is 0 Å². The minimum absolute atomic E-state index is 0.306. The maximum atomic E-state index is 4.46. The molecular formula is C16H26N8. The van der Waals surface area contributed by atoms with E-state index in [4.69, 9.17) is 0 Å². The quantitative estimate of drug-likeness (QED) is 0.636. The number of hydrogen-bond donors (Lipinski definition) is 2. The number of nitrogens with one attached hydrogen (secondary N) is 2. The lowest BCUT2D eigenvalue weighted by atomic mass is 10.1. The predicted molar refractivity (Wildman–Crippen MR) is 92.9 cm³/mol. The largest absolute Gasteiger partial charge is 0.352 e. The topological polar surface area (TPSA) is 84.9 Å². The Labute approximate surface area is 142 Å². The Morgan fingerprint density at radius 3 is 2.75 bits per heavy atom. The lowest BCUT2D eigenvalue weighted by Crippen LogP contribution is -2.46. The summed E-state index contributed by atoms with van der Waals surface area (Å²) in [6.45, 7) is 7.60. The van der Waals surface area contributed by atoms with Crippen LogP contribution in [0.25, 0.3) is 0 Å². The van der Waals surface area contributed by atoms with Crippen molar-refractivity contribution >= 4 is 5.96 Å². The van der Waals surface area contributed by atoms with Gasteiger partial charge < -0.3 is 10.6 Å². The third-order valence-corrected chi connectivity index (χ3v) is 4.62. The van der Waals surface area contributed by atoms with Crippen LogP contribution >= 0.6 is 0 Å². The molecule has 2 aromatic rings. The van der Waals surface area contributed by atoms with E-state index in [0.717, 1.165) is 42.7 Å². The lowest BCUT2D eigenvalue weighted by molar-refractivity contribution is 0.392. The molecule has 0 aliphatic carbocycles. The SMILES string of the molecule is CN=C(NCc1c(C)nn(C)c1C)NC1CCc2nc(C)nn2C1. The average molecular weight is 330 g/mol. The molecule has 3 heterocycles. The van der Waals surface area contributed by atoms with E-state index in [-0.39, 0.29) is 0 Å². The zero-order valence-corrected chi connectivity index (χ0v) is 15.1. The van der Waals surface area contributed by atoms with Gasteiger partial charge in [-0.1, -0.05) is 0 Å². The fourth-order valence-corrected chi connectivity index (χ4v) is 3.19. The Balaban J connectivity index is 1.60. The Hall–Kier alpha value is -2.38. The number of rotatable bonds is 3. The first kappa shape index (κ1) is 16.5. The molecular weight excluding hydrogens is 304 g/mol. The second-order valence-electron chi connectivity index (χ2n) is 6.34. The second-order valence-corrected chi connectivity index (χ2v) is 6.34. The van der Waals surface area contributed by atoms with Crippen molar-refractivity contribution in [3.05, 3.63) is 28.6 Å². The van der Waals surface area contributed by atoms with Gasteiger partial charge in [-0.2, -0.15) is 10.2 Å². The lowest BCUT2D eigenvalue weighted by Gasteiger charge is -2.25. The van der Waals surface area contributed by atoms with E-state index in [1.165, 1.54) is 11.3 Å². The summed E-state index contributed by atoms with van der Waals surface area (Å²) in [6.07, 6.45) is 1.97. The second kappa shape index (κ2) is 6.62. The molecule has 1 aliphatic heterocycles. The van der Waals surface area contributed by atoms with Crippen molar-refractivity contribution in [3.8, 4) is 0 Å². The van der Waals surface area contributed by atoms with Crippen LogP contribution in [0.1, 0.15) is 35.0 Å². The molecule has 2 aromatic heterocycles. The van der Waals surface area contributed by atoms with Crippen molar-refractivity contribution in [2.45, 2.75) is 52.7 Å². The van der Waals surface area contributed by atoms with Crippen LogP contribution in [0.4, 0.5) is 0 Å². The molecule has 0 fully saturated rings. The normalized spacial score (nSPS) is 17.7. The highest BCUT2D eigenvalue weighted by Crippen LogP contribution is 2.13. The van der Waals surface area contributed by atoms with Gasteiger partial charge in [-0.3, -0.25) is 9.67 Å². The van der Waals surface area contributed by atoms with Gasteiger partial charge in [0.2, 0.25) is 0 Å². The first-order valence-electron chi connectivity index (χ1n) is 8.34. The third kappa shape index (κ3) is 3.27. The molecule has 2 N–H and O–H groups in total. The monoisotopic (exact) mass is 330 g/mol. The highest BCUT2D eigenvalue weighted by molar-refractivity contribution is 5.80. The molecule has 0 spiro atoms. The van der Waals surface area contributed by atoms with Gasteiger partial charge in [0.25, 0.3) is 0 Å². The maximum absolute atomic E-state index is 4.46. The fraction of sp³-hybridized carbons (Fsp3) is 0.625. The van der Waals surface area contributed by atoms with Crippen molar-refractivity contribution in [2.24, 2.45) is 12.0 Å². The predicted octanol–water partition coefficient (Wildman–Crippen LogP) is 0.617. The van der Waals surface area contributed by atoms with Gasteiger partial charge in [-0.05, 0) is 27.2 Å². The van der Waals surface area contributed by atoms with Crippen LogP contribution in [0.5, 0.6) is 0 Å². The van der Waals surface area contributed by atoms with Gasteiger partial charge in [-0.25, -0.2) is 9.67 Å². The molecule has 0 saturated heterocycles. The van der Waals surface area contributed by atoms with Crippen molar-refractivity contribution in [1.82, 2.24) is 35.2 Å². The molecule has 0 saturated carbocycles. The highest BCUT2D eigenvalue weighted by atomic mass is 15.4. The average Bonchev–Trinajstić information content (AvgIpc) is 3.03. The zero-order chi connectivity index (χ0) is 17.3. The molecule has 0 amide bonds. The summed E-state index contributed by atoms with van der Waals surface area (Å²) in [6, 6.07) is 0.306. The smallest absolute Gasteiger partial charge is 0.191 e. The number of hydrogen-bond acceptors (Lipinski definition) is 4. The highest BCUT2D eigenvalue weighted by Gasteiger charge is 2.21. The summed E-state index contributed by atoms with van der Waals surface area (Å²) in [5.74, 6) is 2.73. The van der Waals surface area contributed by atoms with Crippen LogP contribution in [0.2, 0.25) is 0 Å². The molecule has 3 rings (SSSR count). The first-order chi connectivity index (χ1) is 11.5. The van der Waals surface area contributed by atoms with Crippen molar-refractivity contribution in [3.63, 3.8) is 0 Å². The molecule has 130 valence electrons. The number of nitrogens with zero attached hydrogens (tertiary/aromatic N) is 6. The van der Waals surface area contributed by atoms with Crippen LogP contribution < -0.4 is 10.6 Å². The van der Waals surface area contributed by atoms with Crippen LogP contribution in [-0.4, -0.2) is 43.6 Å². The van der Waals surface area contributed by atoms with Crippen LogP contribution in [-0.2, 0) is 26.6 Å². The Kier molecular flexibility index (Phi) is 4.55. The fourth-order valence-electron chi connectivity index (χ4n) is 3.19. The summed E-state index contributed by atoms with van der Waals surface area (Å²) >= 11 is 0. The Morgan fingerprint density at radius 2 is 2.08 bits per heavy atom. The molecule has 1 atom stereocenters. The van der Waals surface area contributed by atoms with Crippen molar-refractivity contribution in [2.75, 3.05) is 7.05 Å². The van der Waals surface area contributed by atoms with E-state index < -0.39 is 0 Å². The molecule has 0 bridgehead atoms. The van der Waals surface area contributed by atoms with Crippen LogP contribution in [0.3, 0.4) is 0 Å². The first-order valence-corrected chi connectivity index (χ1v) is 8.34. The molecule has 0 aromatic carbocycles. The Bertz CT molecular complexity index is 754. The summed E-state index contributed by atoms with van der Waals surface area (Å²) in [7, 11) is 3.77. The van der Waals surface area contributed by atoms with E-state index in [0.29, 0.717) is 12.6 Å². The number of guanidine groups is 1. The summed E-state index contributed by atoms with van der Waals surface area (Å²) in [4.78, 5) is 8.80. The van der Waals surface area contributed by atoms with E-state index in [1.54, 1.807) is 7.05 Å². The maximum Gasteiger partial charge on any atom is 0.191 e. The van der Waals surface area contributed by atoms with E-state index >= 15 is 0 Å². The summed E-state index contributed by atoms with van der Waals surface area (Å²) in [5.41, 5.74) is 3.45. The number of aliphatic imine (C=N–C) groups is 1.